The van der Waals surface area contributed by atoms with Crippen LogP contribution in [0.15, 0.2) is 0 Å². The molecule has 2 unspecified atom stereocenters. The van der Waals surface area contributed by atoms with Crippen molar-refractivity contribution in [1.29, 1.82) is 0 Å². The Morgan fingerprint density at radius 1 is 1.19 bits per heavy atom. The highest BCUT2D eigenvalue weighted by molar-refractivity contribution is 5.78. The largest absolute Gasteiger partial charge is 0.480 e. The standard InChI is InChI=1S/C11H21NO4/c1-3-4-5-8(2)6-7-9(10(13)14)12-11(15)16/h8-9,12H,3-7H2,1-2H3,(H,13,14)(H,15,16). The number of nitrogens with one attached hydrogen (secondary N) is 1. The predicted molar refractivity (Wildman–Crippen MR) is 60.5 cm³/mol. The molecule has 0 saturated carbocycles. The molecule has 5 heteroatoms. The Morgan fingerprint density at radius 3 is 2.25 bits per heavy atom. The fraction of sp³-hybridized carbons (Fsp3) is 0.818. The number of carbonyl (C=O) groups is 2. The van der Waals surface area contributed by atoms with Crippen LogP contribution in [0, 0.1) is 5.92 Å². The van der Waals surface area contributed by atoms with Crippen molar-refractivity contribution >= 4 is 12.1 Å². The van der Waals surface area contributed by atoms with Gasteiger partial charge in [-0.15, -0.1) is 0 Å². The fourth-order valence-corrected chi connectivity index (χ4v) is 1.55. The molecule has 0 aliphatic carbocycles. The summed E-state index contributed by atoms with van der Waals surface area (Å²) in [4.78, 5) is 21.1. The Balaban J connectivity index is 3.92. The minimum absolute atomic E-state index is 0.354. The molecule has 2 atom stereocenters. The number of rotatable bonds is 8. The molecule has 0 spiro atoms. The summed E-state index contributed by atoms with van der Waals surface area (Å²) in [6.07, 6.45) is 3.12. The van der Waals surface area contributed by atoms with Gasteiger partial charge in [-0.05, 0) is 18.8 Å². The minimum atomic E-state index is -1.28. The Kier molecular flexibility index (Phi) is 7.33. The molecule has 16 heavy (non-hydrogen) atoms. The zero-order valence-corrected chi connectivity index (χ0v) is 9.90. The summed E-state index contributed by atoms with van der Waals surface area (Å²) >= 11 is 0. The van der Waals surface area contributed by atoms with E-state index in [1.165, 1.54) is 0 Å². The zero-order chi connectivity index (χ0) is 12.6. The van der Waals surface area contributed by atoms with E-state index in [0.29, 0.717) is 12.3 Å². The minimum Gasteiger partial charge on any atom is -0.480 e. The molecule has 0 fully saturated rings. The first-order chi connectivity index (χ1) is 7.47. The van der Waals surface area contributed by atoms with Crippen LogP contribution in [0.25, 0.3) is 0 Å². The number of aliphatic carboxylic acids is 1. The lowest BCUT2D eigenvalue weighted by Crippen LogP contribution is -2.40. The summed E-state index contributed by atoms with van der Waals surface area (Å²) < 4.78 is 0. The first kappa shape index (κ1) is 14.7. The van der Waals surface area contributed by atoms with Crippen LogP contribution >= 0.6 is 0 Å². The van der Waals surface area contributed by atoms with Crippen molar-refractivity contribution in [2.24, 2.45) is 5.92 Å². The molecule has 1 amide bonds. The van der Waals surface area contributed by atoms with Crippen molar-refractivity contribution in [3.63, 3.8) is 0 Å². The first-order valence-corrected chi connectivity index (χ1v) is 5.69. The molecule has 0 aromatic heterocycles. The number of carboxylic acid groups (broad SMARTS) is 2. The molecule has 0 bridgehead atoms. The van der Waals surface area contributed by atoms with Crippen LogP contribution in [0.3, 0.4) is 0 Å². The van der Waals surface area contributed by atoms with Crippen LogP contribution < -0.4 is 5.32 Å². The first-order valence-electron chi connectivity index (χ1n) is 5.69. The van der Waals surface area contributed by atoms with E-state index in [9.17, 15) is 9.59 Å². The van der Waals surface area contributed by atoms with E-state index in [1.54, 1.807) is 0 Å². The fourth-order valence-electron chi connectivity index (χ4n) is 1.55. The van der Waals surface area contributed by atoms with Crippen LogP contribution in [0.2, 0.25) is 0 Å². The summed E-state index contributed by atoms with van der Waals surface area (Å²) in [6.45, 7) is 4.17. The van der Waals surface area contributed by atoms with E-state index >= 15 is 0 Å². The maximum Gasteiger partial charge on any atom is 0.405 e. The third-order valence-corrected chi connectivity index (χ3v) is 2.59. The van der Waals surface area contributed by atoms with Gasteiger partial charge in [-0.25, -0.2) is 9.59 Å². The molecule has 0 aromatic rings. The number of hydrogen-bond donors (Lipinski definition) is 3. The second kappa shape index (κ2) is 7.96. The number of unbranched alkanes of at least 4 members (excludes halogenated alkanes) is 1. The lowest BCUT2D eigenvalue weighted by Gasteiger charge is -2.15. The highest BCUT2D eigenvalue weighted by Gasteiger charge is 2.19. The average Bonchev–Trinajstić information content (AvgIpc) is 2.20. The third kappa shape index (κ3) is 7.09. The topological polar surface area (TPSA) is 86.6 Å². The zero-order valence-electron chi connectivity index (χ0n) is 9.90. The Hall–Kier alpha value is -1.26. The van der Waals surface area contributed by atoms with Crippen molar-refractivity contribution in [1.82, 2.24) is 5.32 Å². The quantitative estimate of drug-likeness (QED) is 0.598. The summed E-state index contributed by atoms with van der Waals surface area (Å²) in [5.74, 6) is -0.664. The van der Waals surface area contributed by atoms with Gasteiger partial charge in [-0.3, -0.25) is 0 Å². The molecule has 0 aromatic carbocycles. The Bertz CT molecular complexity index is 230. The molecular weight excluding hydrogens is 210 g/mol. The smallest absolute Gasteiger partial charge is 0.405 e. The van der Waals surface area contributed by atoms with E-state index in [4.69, 9.17) is 10.2 Å². The lowest BCUT2D eigenvalue weighted by molar-refractivity contribution is -0.139. The van der Waals surface area contributed by atoms with Gasteiger partial charge in [0.2, 0.25) is 0 Å². The van der Waals surface area contributed by atoms with Crippen LogP contribution in [0.4, 0.5) is 4.79 Å². The van der Waals surface area contributed by atoms with Crippen LogP contribution in [-0.4, -0.2) is 28.3 Å². The summed E-state index contributed by atoms with van der Waals surface area (Å²) in [5.41, 5.74) is 0. The molecule has 3 N–H and O–H groups in total. The highest BCUT2D eigenvalue weighted by Crippen LogP contribution is 2.15. The molecule has 0 aliphatic rings. The maximum absolute atomic E-state index is 10.7. The van der Waals surface area contributed by atoms with Gasteiger partial charge in [-0.2, -0.15) is 0 Å². The van der Waals surface area contributed by atoms with Crippen molar-refractivity contribution in [2.75, 3.05) is 0 Å². The Labute approximate surface area is 95.9 Å². The van der Waals surface area contributed by atoms with Gasteiger partial charge in [-0.1, -0.05) is 33.1 Å². The van der Waals surface area contributed by atoms with E-state index in [2.05, 4.69) is 13.8 Å². The van der Waals surface area contributed by atoms with Gasteiger partial charge < -0.3 is 15.5 Å². The van der Waals surface area contributed by atoms with Gasteiger partial charge >= 0.3 is 12.1 Å². The van der Waals surface area contributed by atoms with Crippen LogP contribution in [0.1, 0.15) is 46.0 Å². The van der Waals surface area contributed by atoms with Gasteiger partial charge in [0.15, 0.2) is 0 Å². The molecule has 0 heterocycles. The second-order valence-corrected chi connectivity index (χ2v) is 4.17. The molecule has 0 radical (unpaired) electrons. The number of carboxylic acids is 1. The van der Waals surface area contributed by atoms with Crippen molar-refractivity contribution in [2.45, 2.75) is 52.0 Å². The van der Waals surface area contributed by atoms with Gasteiger partial charge in [0.1, 0.15) is 6.04 Å². The van der Waals surface area contributed by atoms with Crippen molar-refractivity contribution in [3.8, 4) is 0 Å². The van der Waals surface area contributed by atoms with Crippen LogP contribution in [0.5, 0.6) is 0 Å². The summed E-state index contributed by atoms with van der Waals surface area (Å²) in [5, 5.41) is 19.3. The predicted octanol–water partition coefficient (Wildman–Crippen LogP) is 2.31. The monoisotopic (exact) mass is 231 g/mol. The van der Waals surface area contributed by atoms with Crippen molar-refractivity contribution in [3.05, 3.63) is 0 Å². The summed E-state index contributed by atoms with van der Waals surface area (Å²) in [6, 6.07) is -0.985. The van der Waals surface area contributed by atoms with Crippen LogP contribution in [-0.2, 0) is 4.79 Å². The SMILES string of the molecule is CCCCC(C)CCC(NC(=O)O)C(=O)O. The van der Waals surface area contributed by atoms with E-state index < -0.39 is 18.1 Å². The summed E-state index contributed by atoms with van der Waals surface area (Å²) in [7, 11) is 0. The maximum atomic E-state index is 10.7. The molecule has 5 nitrogen and oxygen atoms in total. The lowest BCUT2D eigenvalue weighted by atomic mass is 9.96. The molecule has 94 valence electrons. The number of hydrogen-bond acceptors (Lipinski definition) is 2. The van der Waals surface area contributed by atoms with Gasteiger partial charge in [0.05, 0.1) is 0 Å². The molecule has 0 saturated heterocycles. The molecule has 0 aliphatic heterocycles. The van der Waals surface area contributed by atoms with E-state index in [-0.39, 0.29) is 0 Å². The average molecular weight is 231 g/mol. The Morgan fingerprint density at radius 2 is 1.81 bits per heavy atom. The van der Waals surface area contributed by atoms with E-state index in [1.807, 2.05) is 5.32 Å². The van der Waals surface area contributed by atoms with Gasteiger partial charge in [0, 0.05) is 0 Å². The second-order valence-electron chi connectivity index (χ2n) is 4.17. The highest BCUT2D eigenvalue weighted by atomic mass is 16.4. The van der Waals surface area contributed by atoms with Gasteiger partial charge in [0.25, 0.3) is 0 Å². The molecular formula is C11H21NO4. The number of amides is 1. The molecule has 0 rings (SSSR count). The third-order valence-electron chi connectivity index (χ3n) is 2.59. The normalized spacial score (nSPS) is 14.1. The van der Waals surface area contributed by atoms with Crippen molar-refractivity contribution < 1.29 is 19.8 Å². The van der Waals surface area contributed by atoms with E-state index in [0.717, 1.165) is 25.7 Å².